The lowest BCUT2D eigenvalue weighted by atomic mass is 10.1. The normalized spacial score (nSPS) is 13.1. The summed E-state index contributed by atoms with van der Waals surface area (Å²) < 4.78 is 31.8. The maximum absolute atomic E-state index is 13.7. The van der Waals surface area contributed by atoms with Crippen LogP contribution in [0.15, 0.2) is 29.3 Å². The number of ketones is 1. The predicted molar refractivity (Wildman–Crippen MR) is 93.7 cm³/mol. The molecule has 0 atom stereocenters. The molecule has 1 aromatic heterocycles. The van der Waals surface area contributed by atoms with Crippen LogP contribution in [0.3, 0.4) is 0 Å². The van der Waals surface area contributed by atoms with Crippen LogP contribution >= 0.6 is 11.8 Å². The van der Waals surface area contributed by atoms with Crippen molar-refractivity contribution in [1.82, 2.24) is 4.98 Å². The number of Topliss-reactive ketones (excluding diaryl/α,β-unsaturated/α-hetero) is 1. The molecule has 0 radical (unpaired) electrons. The lowest BCUT2D eigenvalue weighted by molar-refractivity contribution is 0.0472. The molecule has 1 aromatic carbocycles. The molecular weight excluding hydrogens is 374 g/mol. The van der Waals surface area contributed by atoms with Gasteiger partial charge < -0.3 is 4.74 Å². The number of carbonyl (C=O) groups is 2. The van der Waals surface area contributed by atoms with Crippen molar-refractivity contribution in [2.75, 3.05) is 12.9 Å². The Labute approximate surface area is 158 Å². The van der Waals surface area contributed by atoms with Gasteiger partial charge in [0.15, 0.2) is 6.61 Å². The third-order valence-corrected chi connectivity index (χ3v) is 4.77. The number of rotatable bonds is 6. The first-order valence-electron chi connectivity index (χ1n) is 8.09. The fourth-order valence-corrected chi connectivity index (χ4v) is 3.10. The molecule has 5 nitrogen and oxygen atoms in total. The molecule has 0 unspecified atom stereocenters. The van der Waals surface area contributed by atoms with Gasteiger partial charge in [0, 0.05) is 11.6 Å². The highest BCUT2D eigenvalue weighted by molar-refractivity contribution is 7.98. The highest BCUT2D eigenvalue weighted by Gasteiger charge is 2.29. The van der Waals surface area contributed by atoms with Gasteiger partial charge in [0.2, 0.25) is 5.78 Å². The summed E-state index contributed by atoms with van der Waals surface area (Å²) in [5.41, 5.74) is 0.293. The summed E-state index contributed by atoms with van der Waals surface area (Å²) in [7, 11) is 0. The summed E-state index contributed by atoms with van der Waals surface area (Å²) in [5.74, 6) is -3.18. The number of nitriles is 1. The average molecular weight is 388 g/mol. The second-order valence-electron chi connectivity index (χ2n) is 5.99. The molecule has 0 aliphatic heterocycles. The molecule has 2 aromatic rings. The summed E-state index contributed by atoms with van der Waals surface area (Å²) in [6, 6.07) is 5.90. The fraction of sp³-hybridized carbons (Fsp3) is 0.263. The summed E-state index contributed by atoms with van der Waals surface area (Å²) in [5, 5.41) is 9.79. The van der Waals surface area contributed by atoms with E-state index in [1.165, 1.54) is 17.8 Å². The molecule has 1 saturated carbocycles. The van der Waals surface area contributed by atoms with E-state index in [0.717, 1.165) is 31.0 Å². The van der Waals surface area contributed by atoms with Gasteiger partial charge in [-0.05, 0) is 43.4 Å². The van der Waals surface area contributed by atoms with Crippen molar-refractivity contribution < 1.29 is 23.1 Å². The van der Waals surface area contributed by atoms with E-state index in [1.807, 2.05) is 6.07 Å². The monoisotopic (exact) mass is 388 g/mol. The van der Waals surface area contributed by atoms with E-state index in [2.05, 4.69) is 4.98 Å². The molecule has 0 spiro atoms. The minimum atomic E-state index is -0.903. The Morgan fingerprint density at radius 1 is 1.30 bits per heavy atom. The first-order chi connectivity index (χ1) is 12.9. The lowest BCUT2D eigenvalue weighted by Crippen LogP contribution is -2.17. The van der Waals surface area contributed by atoms with Crippen LogP contribution in [0.2, 0.25) is 0 Å². The van der Waals surface area contributed by atoms with Crippen molar-refractivity contribution >= 4 is 23.5 Å². The third-order valence-electron chi connectivity index (χ3n) is 4.09. The third kappa shape index (κ3) is 4.14. The minimum absolute atomic E-state index is 0.0197. The number of benzene rings is 1. The van der Waals surface area contributed by atoms with Crippen molar-refractivity contribution in [3.63, 3.8) is 0 Å². The first kappa shape index (κ1) is 19.0. The zero-order valence-corrected chi connectivity index (χ0v) is 15.1. The summed E-state index contributed by atoms with van der Waals surface area (Å²) >= 11 is 1.24. The van der Waals surface area contributed by atoms with Gasteiger partial charge in [0.25, 0.3) is 0 Å². The van der Waals surface area contributed by atoms with Gasteiger partial charge in [-0.25, -0.2) is 18.6 Å². The van der Waals surface area contributed by atoms with Crippen molar-refractivity contribution in [3.8, 4) is 6.07 Å². The lowest BCUT2D eigenvalue weighted by Gasteiger charge is -2.10. The second-order valence-corrected chi connectivity index (χ2v) is 6.78. The molecule has 27 heavy (non-hydrogen) atoms. The second kappa shape index (κ2) is 7.84. The Hall–Kier alpha value is -2.79. The highest BCUT2D eigenvalue weighted by atomic mass is 32.2. The fourth-order valence-electron chi connectivity index (χ4n) is 2.54. The minimum Gasteiger partial charge on any atom is -0.454 e. The molecular formula is C19H14F2N2O3S. The quantitative estimate of drug-likeness (QED) is 0.425. The molecule has 0 N–H and O–H groups in total. The van der Waals surface area contributed by atoms with E-state index < -0.39 is 35.6 Å². The number of hydrogen-bond acceptors (Lipinski definition) is 6. The smallest absolute Gasteiger partial charge is 0.340 e. The van der Waals surface area contributed by atoms with Crippen LogP contribution < -0.4 is 0 Å². The van der Waals surface area contributed by atoms with Crippen LogP contribution in [0.25, 0.3) is 0 Å². The number of nitrogens with zero attached hydrogens (tertiary/aromatic N) is 2. The summed E-state index contributed by atoms with van der Waals surface area (Å²) in [6.07, 6.45) is 3.66. The van der Waals surface area contributed by atoms with Gasteiger partial charge in [0.05, 0.1) is 16.7 Å². The van der Waals surface area contributed by atoms with Crippen molar-refractivity contribution in [3.05, 3.63) is 58.3 Å². The molecule has 0 bridgehead atoms. The molecule has 8 heteroatoms. The Kier molecular flexibility index (Phi) is 5.51. The maximum atomic E-state index is 13.7. The molecule has 1 fully saturated rings. The average Bonchev–Trinajstić information content (AvgIpc) is 3.51. The predicted octanol–water partition coefficient (Wildman–Crippen LogP) is 3.87. The first-order valence-corrected chi connectivity index (χ1v) is 9.31. The van der Waals surface area contributed by atoms with E-state index in [1.54, 1.807) is 6.26 Å². The maximum Gasteiger partial charge on any atom is 0.340 e. The Balaban J connectivity index is 1.81. The standard InChI is InChI=1S/C19H14F2N2O3S/c1-27-18-14(8-22)12(7-16(23-18)10-2-3-10)19(25)26-9-17(24)13-6-11(20)4-5-15(13)21/h4-7,10H,2-3,9H2,1H3. The number of carbonyl (C=O) groups excluding carboxylic acids is 2. The number of ether oxygens (including phenoxy) is 1. The zero-order valence-electron chi connectivity index (χ0n) is 14.3. The van der Waals surface area contributed by atoms with Crippen molar-refractivity contribution in [1.29, 1.82) is 5.26 Å². The van der Waals surface area contributed by atoms with Crippen LogP contribution in [-0.2, 0) is 4.74 Å². The molecule has 0 amide bonds. The molecule has 1 heterocycles. The van der Waals surface area contributed by atoms with Gasteiger partial charge in [-0.3, -0.25) is 4.79 Å². The highest BCUT2D eigenvalue weighted by Crippen LogP contribution is 2.40. The molecule has 3 rings (SSSR count). The number of thioether (sulfide) groups is 1. The Morgan fingerprint density at radius 3 is 2.67 bits per heavy atom. The van der Waals surface area contributed by atoms with E-state index in [-0.39, 0.29) is 17.0 Å². The van der Waals surface area contributed by atoms with Gasteiger partial charge in [-0.2, -0.15) is 5.26 Å². The van der Waals surface area contributed by atoms with Gasteiger partial charge in [0.1, 0.15) is 22.7 Å². The largest absolute Gasteiger partial charge is 0.454 e. The van der Waals surface area contributed by atoms with E-state index in [9.17, 15) is 23.6 Å². The van der Waals surface area contributed by atoms with Crippen LogP contribution in [0, 0.1) is 23.0 Å². The van der Waals surface area contributed by atoms with E-state index >= 15 is 0 Å². The number of pyridine rings is 1. The SMILES string of the molecule is CSc1nc(C2CC2)cc(C(=O)OCC(=O)c2cc(F)ccc2F)c1C#N. The van der Waals surface area contributed by atoms with Crippen LogP contribution in [0.4, 0.5) is 8.78 Å². The Bertz CT molecular complexity index is 968. The Morgan fingerprint density at radius 2 is 2.04 bits per heavy atom. The number of halogens is 2. The van der Waals surface area contributed by atoms with Gasteiger partial charge in [-0.1, -0.05) is 0 Å². The number of esters is 1. The number of aromatic nitrogens is 1. The molecule has 1 aliphatic rings. The molecule has 1 aliphatic carbocycles. The number of hydrogen-bond donors (Lipinski definition) is 0. The summed E-state index contributed by atoms with van der Waals surface area (Å²) in [6.45, 7) is -0.764. The summed E-state index contributed by atoms with van der Waals surface area (Å²) in [4.78, 5) is 28.9. The van der Waals surface area contributed by atoms with Crippen LogP contribution in [-0.4, -0.2) is 29.6 Å². The van der Waals surface area contributed by atoms with Crippen molar-refractivity contribution in [2.24, 2.45) is 0 Å². The van der Waals surface area contributed by atoms with Crippen LogP contribution in [0.1, 0.15) is 50.7 Å². The molecule has 0 saturated heterocycles. The van der Waals surface area contributed by atoms with Crippen LogP contribution in [0.5, 0.6) is 0 Å². The van der Waals surface area contributed by atoms with E-state index in [4.69, 9.17) is 4.74 Å². The van der Waals surface area contributed by atoms with Crippen molar-refractivity contribution in [2.45, 2.75) is 23.8 Å². The topological polar surface area (TPSA) is 80.0 Å². The van der Waals surface area contributed by atoms with Gasteiger partial charge >= 0.3 is 5.97 Å². The van der Waals surface area contributed by atoms with Gasteiger partial charge in [-0.15, -0.1) is 11.8 Å². The zero-order chi connectivity index (χ0) is 19.6. The molecule has 138 valence electrons. The van der Waals surface area contributed by atoms with E-state index in [0.29, 0.717) is 10.7 Å².